The summed E-state index contributed by atoms with van der Waals surface area (Å²) < 4.78 is 5.28. The Kier molecular flexibility index (Phi) is 2.93. The van der Waals surface area contributed by atoms with Gasteiger partial charge in [0.25, 0.3) is 0 Å². The van der Waals surface area contributed by atoms with E-state index in [-0.39, 0.29) is 5.71 Å². The maximum atomic E-state index is 8.88. The number of furan rings is 1. The Morgan fingerprint density at radius 2 is 2.14 bits per heavy atom. The van der Waals surface area contributed by atoms with Gasteiger partial charge in [-0.3, -0.25) is 0 Å². The molecule has 5 heteroatoms. The fourth-order valence-electron chi connectivity index (χ4n) is 1.10. The highest BCUT2D eigenvalue weighted by atomic mass is 16.5. The largest absolute Gasteiger partial charge is 0.460 e. The maximum Gasteiger partial charge on any atom is 0.153 e. The lowest BCUT2D eigenvalue weighted by Crippen LogP contribution is -2.45. The van der Waals surface area contributed by atoms with Gasteiger partial charge in [-0.05, 0) is 32.9 Å². The molecule has 1 heterocycles. The highest BCUT2D eigenvalue weighted by Crippen LogP contribution is 2.16. The first-order chi connectivity index (χ1) is 6.51. The van der Waals surface area contributed by atoms with Crippen LogP contribution >= 0.6 is 0 Å². The van der Waals surface area contributed by atoms with Gasteiger partial charge in [-0.25, -0.2) is 0 Å². The summed E-state index contributed by atoms with van der Waals surface area (Å²) in [5.41, 5.74) is 1.43. The Balaban J connectivity index is 3.06. The van der Waals surface area contributed by atoms with Gasteiger partial charge in [0.15, 0.2) is 5.76 Å². The zero-order valence-electron chi connectivity index (χ0n) is 8.40. The zero-order chi connectivity index (χ0) is 10.8. The van der Waals surface area contributed by atoms with Crippen molar-refractivity contribution in [1.82, 2.24) is 5.48 Å². The Morgan fingerprint density at radius 3 is 2.50 bits per heavy atom. The number of hydroxylamine groups is 1. The second-order valence-corrected chi connectivity index (χ2v) is 3.60. The third kappa shape index (κ3) is 1.94. The minimum atomic E-state index is -0.862. The van der Waals surface area contributed by atoms with E-state index in [1.807, 2.05) is 5.48 Å². The fraction of sp³-hybridized carbons (Fsp3) is 0.444. The van der Waals surface area contributed by atoms with Crippen LogP contribution in [0.15, 0.2) is 21.7 Å². The molecule has 0 saturated heterocycles. The second-order valence-electron chi connectivity index (χ2n) is 3.60. The molecule has 0 radical (unpaired) electrons. The van der Waals surface area contributed by atoms with E-state index < -0.39 is 5.54 Å². The molecule has 0 atom stereocenters. The molecule has 1 aromatic heterocycles. The third-order valence-corrected chi connectivity index (χ3v) is 1.95. The minimum absolute atomic E-state index is 0.244. The van der Waals surface area contributed by atoms with E-state index in [1.54, 1.807) is 32.9 Å². The lowest BCUT2D eigenvalue weighted by Gasteiger charge is -2.21. The molecule has 1 rings (SSSR count). The molecule has 0 bridgehead atoms. The van der Waals surface area contributed by atoms with Crippen molar-refractivity contribution in [2.45, 2.75) is 26.3 Å². The Bertz CT molecular complexity index is 342. The second kappa shape index (κ2) is 3.81. The SMILES string of the molecule is Cc1ccc(/C(=N/O)C(C)(C)NO)o1. The summed E-state index contributed by atoms with van der Waals surface area (Å²) in [6, 6.07) is 3.44. The number of hydrogen-bond acceptors (Lipinski definition) is 5. The Labute approximate surface area is 82.0 Å². The molecule has 3 N–H and O–H groups in total. The lowest BCUT2D eigenvalue weighted by molar-refractivity contribution is 0.113. The molecular weight excluding hydrogens is 184 g/mol. The topological polar surface area (TPSA) is 78.0 Å². The average molecular weight is 198 g/mol. The van der Waals surface area contributed by atoms with Crippen molar-refractivity contribution in [2.75, 3.05) is 0 Å². The predicted octanol–water partition coefficient (Wildman–Crippen LogP) is 1.52. The molecule has 0 fully saturated rings. The Hall–Kier alpha value is -1.33. The first kappa shape index (κ1) is 10.7. The molecule has 14 heavy (non-hydrogen) atoms. The number of aryl methyl sites for hydroxylation is 1. The van der Waals surface area contributed by atoms with E-state index in [9.17, 15) is 0 Å². The van der Waals surface area contributed by atoms with Crippen LogP contribution in [0, 0.1) is 6.92 Å². The van der Waals surface area contributed by atoms with Gasteiger partial charge in [-0.2, -0.15) is 5.48 Å². The van der Waals surface area contributed by atoms with Gasteiger partial charge >= 0.3 is 0 Å². The van der Waals surface area contributed by atoms with Crippen LogP contribution < -0.4 is 5.48 Å². The number of hydrogen-bond donors (Lipinski definition) is 3. The van der Waals surface area contributed by atoms with E-state index in [0.717, 1.165) is 5.76 Å². The maximum absolute atomic E-state index is 8.88. The quantitative estimate of drug-likeness (QED) is 0.391. The molecule has 0 saturated carbocycles. The number of oxime groups is 1. The molecule has 5 nitrogen and oxygen atoms in total. The molecule has 0 aliphatic carbocycles. The summed E-state index contributed by atoms with van der Waals surface area (Å²) in [7, 11) is 0. The molecule has 0 spiro atoms. The van der Waals surface area contributed by atoms with Gasteiger partial charge < -0.3 is 14.8 Å². The van der Waals surface area contributed by atoms with Crippen molar-refractivity contribution >= 4 is 5.71 Å². The summed E-state index contributed by atoms with van der Waals surface area (Å²) in [6.07, 6.45) is 0. The summed E-state index contributed by atoms with van der Waals surface area (Å²) in [6.45, 7) is 5.12. The zero-order valence-corrected chi connectivity index (χ0v) is 8.40. The summed E-state index contributed by atoms with van der Waals surface area (Å²) in [5, 5.41) is 20.8. The van der Waals surface area contributed by atoms with Gasteiger partial charge in [0, 0.05) is 0 Å². The monoisotopic (exact) mass is 198 g/mol. The van der Waals surface area contributed by atoms with E-state index in [2.05, 4.69) is 5.16 Å². The number of nitrogens with one attached hydrogen (secondary N) is 1. The van der Waals surface area contributed by atoms with Gasteiger partial charge in [-0.1, -0.05) is 5.16 Å². The van der Waals surface area contributed by atoms with E-state index >= 15 is 0 Å². The molecule has 0 aliphatic rings. The molecule has 0 unspecified atom stereocenters. The van der Waals surface area contributed by atoms with Crippen LogP contribution in [0.25, 0.3) is 0 Å². The van der Waals surface area contributed by atoms with Crippen LogP contribution in [0.1, 0.15) is 25.4 Å². The predicted molar refractivity (Wildman–Crippen MR) is 50.8 cm³/mol. The summed E-state index contributed by atoms with van der Waals surface area (Å²) >= 11 is 0. The van der Waals surface area contributed by atoms with Gasteiger partial charge in [0.05, 0.1) is 5.54 Å². The molecule has 0 aliphatic heterocycles. The van der Waals surface area contributed by atoms with E-state index in [1.165, 1.54) is 0 Å². The average Bonchev–Trinajstić information content (AvgIpc) is 2.53. The van der Waals surface area contributed by atoms with Crippen molar-refractivity contribution in [2.24, 2.45) is 5.16 Å². The third-order valence-electron chi connectivity index (χ3n) is 1.95. The van der Waals surface area contributed by atoms with E-state index in [0.29, 0.717) is 5.76 Å². The fourth-order valence-corrected chi connectivity index (χ4v) is 1.10. The van der Waals surface area contributed by atoms with Gasteiger partial charge in [-0.15, -0.1) is 0 Å². The first-order valence-electron chi connectivity index (χ1n) is 4.22. The standard InChI is InChI=1S/C9H14N2O3/c1-6-4-5-7(14-6)8(10-12)9(2,3)11-13/h4-5,11-13H,1-3H3/b10-8-. The van der Waals surface area contributed by atoms with Crippen LogP contribution in [0.5, 0.6) is 0 Å². The van der Waals surface area contributed by atoms with E-state index in [4.69, 9.17) is 14.8 Å². The lowest BCUT2D eigenvalue weighted by atomic mass is 9.98. The van der Waals surface area contributed by atoms with Crippen molar-refractivity contribution in [3.05, 3.63) is 23.7 Å². The van der Waals surface area contributed by atoms with Crippen molar-refractivity contribution in [3.8, 4) is 0 Å². The van der Waals surface area contributed by atoms with Crippen LogP contribution in [-0.4, -0.2) is 21.7 Å². The normalized spacial score (nSPS) is 13.3. The molecule has 0 amide bonds. The van der Waals surface area contributed by atoms with Crippen molar-refractivity contribution in [3.63, 3.8) is 0 Å². The van der Waals surface area contributed by atoms with Crippen LogP contribution in [0.3, 0.4) is 0 Å². The van der Waals surface area contributed by atoms with Crippen molar-refractivity contribution < 1.29 is 14.8 Å². The molecular formula is C9H14N2O3. The molecule has 78 valence electrons. The molecule has 0 aromatic carbocycles. The summed E-state index contributed by atoms with van der Waals surface area (Å²) in [5.74, 6) is 1.14. The van der Waals surface area contributed by atoms with Crippen LogP contribution in [0.4, 0.5) is 0 Å². The molecule has 1 aromatic rings. The van der Waals surface area contributed by atoms with Crippen LogP contribution in [0.2, 0.25) is 0 Å². The first-order valence-corrected chi connectivity index (χ1v) is 4.22. The summed E-state index contributed by atoms with van der Waals surface area (Å²) in [4.78, 5) is 0. The number of rotatable bonds is 3. The number of nitrogens with zero attached hydrogens (tertiary/aromatic N) is 1. The Morgan fingerprint density at radius 1 is 1.50 bits per heavy atom. The smallest absolute Gasteiger partial charge is 0.153 e. The minimum Gasteiger partial charge on any atom is -0.460 e. The van der Waals surface area contributed by atoms with Crippen molar-refractivity contribution in [1.29, 1.82) is 0 Å². The van der Waals surface area contributed by atoms with Gasteiger partial charge in [0.2, 0.25) is 0 Å². The highest BCUT2D eigenvalue weighted by molar-refractivity contribution is 6.04. The van der Waals surface area contributed by atoms with Gasteiger partial charge in [0.1, 0.15) is 11.5 Å². The highest BCUT2D eigenvalue weighted by Gasteiger charge is 2.28. The van der Waals surface area contributed by atoms with Crippen LogP contribution in [-0.2, 0) is 0 Å².